The highest BCUT2D eigenvalue weighted by molar-refractivity contribution is 5.94. The van der Waals surface area contributed by atoms with E-state index in [2.05, 4.69) is 10.3 Å². The number of pyridine rings is 1. The van der Waals surface area contributed by atoms with Gasteiger partial charge in [0.05, 0.1) is 5.56 Å². The number of methoxy groups -OCH3 is 1. The highest BCUT2D eigenvalue weighted by Crippen LogP contribution is 2.07. The van der Waals surface area contributed by atoms with E-state index in [0.29, 0.717) is 0 Å². The van der Waals surface area contributed by atoms with Gasteiger partial charge in [0.15, 0.2) is 0 Å². The van der Waals surface area contributed by atoms with E-state index in [1.54, 1.807) is 6.92 Å². The summed E-state index contributed by atoms with van der Waals surface area (Å²) in [5.41, 5.74) is 0.0652. The van der Waals surface area contributed by atoms with Gasteiger partial charge in [0.1, 0.15) is 11.9 Å². The number of aromatic nitrogens is 1. The summed E-state index contributed by atoms with van der Waals surface area (Å²) in [6.45, 7) is 1.58. The molecule has 0 radical (unpaired) electrons. The first-order chi connectivity index (χ1) is 7.54. The fraction of sp³-hybridized carbons (Fsp3) is 0.300. The lowest BCUT2D eigenvalue weighted by molar-refractivity contribution is -0.124. The van der Waals surface area contributed by atoms with Gasteiger partial charge in [0, 0.05) is 13.3 Å². The number of carbonyl (C=O) groups excluding carboxylic acids is 1. The van der Waals surface area contributed by atoms with Gasteiger partial charge < -0.3 is 15.2 Å². The topological polar surface area (TPSA) is 88.5 Å². The molecular weight excluding hydrogens is 212 g/mol. The Morgan fingerprint density at radius 3 is 2.81 bits per heavy atom. The summed E-state index contributed by atoms with van der Waals surface area (Å²) >= 11 is 0. The third-order valence-corrected chi connectivity index (χ3v) is 1.98. The Bertz CT molecular complexity index is 406. The molecule has 1 unspecified atom stereocenters. The maximum Gasteiger partial charge on any atom is 0.335 e. The first-order valence-corrected chi connectivity index (χ1v) is 4.57. The van der Waals surface area contributed by atoms with Crippen molar-refractivity contribution in [2.45, 2.75) is 13.0 Å². The highest BCUT2D eigenvalue weighted by Gasteiger charge is 2.13. The van der Waals surface area contributed by atoms with E-state index in [1.165, 1.54) is 25.4 Å². The van der Waals surface area contributed by atoms with Gasteiger partial charge in [-0.3, -0.25) is 4.79 Å². The standard InChI is InChI=1S/C10H12N2O4/c1-6(16-2)9(13)12-8-5-7(10(14)15)3-4-11-8/h3-6H,1-2H3,(H,14,15)(H,11,12,13). The monoisotopic (exact) mass is 224 g/mol. The number of amides is 1. The Labute approximate surface area is 92.3 Å². The number of ether oxygens (including phenoxy) is 1. The maximum absolute atomic E-state index is 11.4. The van der Waals surface area contributed by atoms with Crippen LogP contribution in [0.3, 0.4) is 0 Å². The smallest absolute Gasteiger partial charge is 0.335 e. The quantitative estimate of drug-likeness (QED) is 0.787. The summed E-state index contributed by atoms with van der Waals surface area (Å²) in [5.74, 6) is -1.26. The molecule has 1 aromatic heterocycles. The minimum Gasteiger partial charge on any atom is -0.478 e. The van der Waals surface area contributed by atoms with Gasteiger partial charge in [-0.2, -0.15) is 0 Å². The molecule has 1 heterocycles. The van der Waals surface area contributed by atoms with Crippen molar-refractivity contribution in [1.82, 2.24) is 4.98 Å². The second-order valence-electron chi connectivity index (χ2n) is 3.10. The van der Waals surface area contributed by atoms with Crippen molar-refractivity contribution in [3.63, 3.8) is 0 Å². The molecule has 0 saturated heterocycles. The molecule has 1 rings (SSSR count). The number of rotatable bonds is 4. The van der Waals surface area contributed by atoms with Crippen molar-refractivity contribution in [2.75, 3.05) is 12.4 Å². The predicted octanol–water partition coefficient (Wildman–Crippen LogP) is 0.753. The molecule has 6 nitrogen and oxygen atoms in total. The molecule has 0 saturated carbocycles. The van der Waals surface area contributed by atoms with Crippen LogP contribution in [0.5, 0.6) is 0 Å². The molecule has 0 fully saturated rings. The van der Waals surface area contributed by atoms with Crippen LogP contribution >= 0.6 is 0 Å². The number of hydrogen-bond acceptors (Lipinski definition) is 4. The molecule has 1 aromatic rings. The van der Waals surface area contributed by atoms with E-state index >= 15 is 0 Å². The van der Waals surface area contributed by atoms with Crippen LogP contribution in [0, 0.1) is 0 Å². The fourth-order valence-corrected chi connectivity index (χ4v) is 0.967. The second kappa shape index (κ2) is 5.22. The molecule has 86 valence electrons. The number of carboxylic acids is 1. The summed E-state index contributed by atoms with van der Waals surface area (Å²) < 4.78 is 4.81. The molecule has 0 aliphatic heterocycles. The number of hydrogen-bond donors (Lipinski definition) is 2. The second-order valence-corrected chi connectivity index (χ2v) is 3.10. The van der Waals surface area contributed by atoms with E-state index in [0.717, 1.165) is 0 Å². The highest BCUT2D eigenvalue weighted by atomic mass is 16.5. The SMILES string of the molecule is COC(C)C(=O)Nc1cc(C(=O)O)ccn1. The number of anilines is 1. The van der Waals surface area contributed by atoms with Crippen molar-refractivity contribution in [2.24, 2.45) is 0 Å². The van der Waals surface area contributed by atoms with Crippen LogP contribution < -0.4 is 5.32 Å². The van der Waals surface area contributed by atoms with Crippen LogP contribution in [0.4, 0.5) is 5.82 Å². The van der Waals surface area contributed by atoms with Crippen LogP contribution in [-0.4, -0.2) is 35.2 Å². The molecule has 0 spiro atoms. The third kappa shape index (κ3) is 3.03. The molecule has 1 amide bonds. The summed E-state index contributed by atoms with van der Waals surface area (Å²) in [6, 6.07) is 2.63. The Kier molecular flexibility index (Phi) is 3.96. The first-order valence-electron chi connectivity index (χ1n) is 4.57. The van der Waals surface area contributed by atoms with E-state index in [-0.39, 0.29) is 17.3 Å². The van der Waals surface area contributed by atoms with Crippen LogP contribution in [0.25, 0.3) is 0 Å². The van der Waals surface area contributed by atoms with Crippen LogP contribution in [-0.2, 0) is 9.53 Å². The van der Waals surface area contributed by atoms with Gasteiger partial charge in [-0.25, -0.2) is 9.78 Å². The summed E-state index contributed by atoms with van der Waals surface area (Å²) in [6.07, 6.45) is 0.701. The third-order valence-electron chi connectivity index (χ3n) is 1.98. The van der Waals surface area contributed by atoms with Crippen molar-refractivity contribution in [3.8, 4) is 0 Å². The van der Waals surface area contributed by atoms with Gasteiger partial charge >= 0.3 is 5.97 Å². The van der Waals surface area contributed by atoms with Crippen LogP contribution in [0.1, 0.15) is 17.3 Å². The van der Waals surface area contributed by atoms with Crippen LogP contribution in [0.15, 0.2) is 18.3 Å². The Morgan fingerprint density at radius 1 is 1.56 bits per heavy atom. The average molecular weight is 224 g/mol. The Hall–Kier alpha value is -1.95. The molecule has 0 aliphatic rings. The lowest BCUT2D eigenvalue weighted by Crippen LogP contribution is -2.27. The van der Waals surface area contributed by atoms with Crippen molar-refractivity contribution in [1.29, 1.82) is 0 Å². The molecule has 0 bridgehead atoms. The zero-order valence-electron chi connectivity index (χ0n) is 8.93. The molecule has 6 heteroatoms. The number of carboxylic acid groups (broad SMARTS) is 1. The van der Waals surface area contributed by atoms with Gasteiger partial charge in [-0.15, -0.1) is 0 Å². The average Bonchev–Trinajstić information content (AvgIpc) is 2.28. The molecule has 1 atom stereocenters. The van der Waals surface area contributed by atoms with Gasteiger partial charge in [-0.1, -0.05) is 0 Å². The zero-order chi connectivity index (χ0) is 12.1. The Balaban J connectivity index is 2.78. The van der Waals surface area contributed by atoms with Gasteiger partial charge in [0.2, 0.25) is 0 Å². The van der Waals surface area contributed by atoms with E-state index in [4.69, 9.17) is 9.84 Å². The van der Waals surface area contributed by atoms with Crippen molar-refractivity contribution in [3.05, 3.63) is 23.9 Å². The number of nitrogens with one attached hydrogen (secondary N) is 1. The van der Waals surface area contributed by atoms with E-state index in [9.17, 15) is 9.59 Å². The lowest BCUT2D eigenvalue weighted by atomic mass is 10.2. The van der Waals surface area contributed by atoms with Crippen molar-refractivity contribution >= 4 is 17.7 Å². The number of nitrogens with zero attached hydrogens (tertiary/aromatic N) is 1. The minimum atomic E-state index is -1.07. The zero-order valence-corrected chi connectivity index (χ0v) is 8.93. The largest absolute Gasteiger partial charge is 0.478 e. The molecular formula is C10H12N2O4. The fourth-order valence-electron chi connectivity index (χ4n) is 0.967. The summed E-state index contributed by atoms with van der Waals surface area (Å²) in [4.78, 5) is 25.9. The van der Waals surface area contributed by atoms with Gasteiger partial charge in [-0.05, 0) is 19.1 Å². The van der Waals surface area contributed by atoms with Gasteiger partial charge in [0.25, 0.3) is 5.91 Å². The molecule has 0 aliphatic carbocycles. The maximum atomic E-state index is 11.4. The Morgan fingerprint density at radius 2 is 2.25 bits per heavy atom. The molecule has 0 aromatic carbocycles. The number of carbonyl (C=O) groups is 2. The minimum absolute atomic E-state index is 0.0652. The van der Waals surface area contributed by atoms with Crippen LogP contribution in [0.2, 0.25) is 0 Å². The lowest BCUT2D eigenvalue weighted by Gasteiger charge is -2.09. The summed E-state index contributed by atoms with van der Waals surface area (Å²) in [7, 11) is 1.41. The van der Waals surface area contributed by atoms with E-state index < -0.39 is 12.1 Å². The van der Waals surface area contributed by atoms with Crippen molar-refractivity contribution < 1.29 is 19.4 Å². The van der Waals surface area contributed by atoms with E-state index in [1.807, 2.05) is 0 Å². The number of aromatic carboxylic acids is 1. The normalized spacial score (nSPS) is 11.9. The summed E-state index contributed by atoms with van der Waals surface area (Å²) in [5, 5.41) is 11.2. The molecule has 2 N–H and O–H groups in total. The first kappa shape index (κ1) is 12.1. The predicted molar refractivity (Wildman–Crippen MR) is 56.3 cm³/mol. The molecule has 16 heavy (non-hydrogen) atoms.